The molecule has 0 aliphatic rings. The molecule has 0 aliphatic heterocycles. The van der Waals surface area contributed by atoms with Crippen LogP contribution in [0.4, 0.5) is 0 Å². The first-order valence-electron chi connectivity index (χ1n) is 7.76. The van der Waals surface area contributed by atoms with Gasteiger partial charge in [-0.2, -0.15) is 0 Å². The molecule has 0 rings (SSSR count). The number of carbonyl (C=O) groups is 1. The van der Waals surface area contributed by atoms with E-state index in [-0.39, 0.29) is 5.91 Å². The maximum Gasteiger partial charge on any atom is 0.229 e. The summed E-state index contributed by atoms with van der Waals surface area (Å²) in [6.45, 7) is 15.0. The lowest BCUT2D eigenvalue weighted by molar-refractivity contribution is -0.141. The van der Waals surface area contributed by atoms with Crippen LogP contribution in [-0.4, -0.2) is 30.4 Å². The fraction of sp³-hybridized carbons (Fsp3) is 0.938. The van der Waals surface area contributed by atoms with Crippen LogP contribution < -0.4 is 5.73 Å². The minimum atomic E-state index is -0.395. The Morgan fingerprint density at radius 2 is 1.53 bits per heavy atom. The van der Waals surface area contributed by atoms with Crippen molar-refractivity contribution in [2.75, 3.05) is 19.6 Å². The minimum Gasteiger partial charge on any atom is -0.342 e. The van der Waals surface area contributed by atoms with Gasteiger partial charge in [0.05, 0.1) is 5.41 Å². The molecule has 3 heteroatoms. The highest BCUT2D eigenvalue weighted by Crippen LogP contribution is 2.23. The molecular weight excluding hydrogens is 236 g/mol. The average molecular weight is 270 g/mol. The van der Waals surface area contributed by atoms with Gasteiger partial charge in [0.25, 0.3) is 0 Å². The number of carbonyl (C=O) groups excluding carboxylic acids is 1. The molecule has 0 heterocycles. The number of nitrogens with two attached hydrogens (primary N) is 1. The van der Waals surface area contributed by atoms with Crippen molar-refractivity contribution in [1.82, 2.24) is 4.90 Å². The van der Waals surface area contributed by atoms with Gasteiger partial charge in [-0.15, -0.1) is 0 Å². The Morgan fingerprint density at radius 1 is 1.11 bits per heavy atom. The van der Waals surface area contributed by atoms with Gasteiger partial charge in [0.1, 0.15) is 0 Å². The molecule has 0 saturated heterocycles. The van der Waals surface area contributed by atoms with E-state index < -0.39 is 5.41 Å². The van der Waals surface area contributed by atoms with Crippen LogP contribution in [0.5, 0.6) is 0 Å². The highest BCUT2D eigenvalue weighted by atomic mass is 16.2. The number of nitrogens with zero attached hydrogens (tertiary/aromatic N) is 1. The van der Waals surface area contributed by atoms with Crippen molar-refractivity contribution in [2.45, 2.75) is 60.8 Å². The summed E-state index contributed by atoms with van der Waals surface area (Å²) in [5.41, 5.74) is 5.43. The zero-order chi connectivity index (χ0) is 15.1. The summed E-state index contributed by atoms with van der Waals surface area (Å²) in [7, 11) is 0. The minimum absolute atomic E-state index is 0.235. The van der Waals surface area contributed by atoms with E-state index in [1.165, 1.54) is 0 Å². The lowest BCUT2D eigenvalue weighted by atomic mass is 9.85. The number of rotatable bonds is 9. The second-order valence-electron chi connectivity index (χ2n) is 6.78. The van der Waals surface area contributed by atoms with Gasteiger partial charge in [0, 0.05) is 19.6 Å². The molecule has 0 aromatic rings. The summed E-state index contributed by atoms with van der Waals surface area (Å²) in [6.07, 6.45) is 2.94. The van der Waals surface area contributed by atoms with Crippen LogP contribution in [0.1, 0.15) is 60.8 Å². The molecule has 0 bridgehead atoms. The lowest BCUT2D eigenvalue weighted by Gasteiger charge is -2.34. The zero-order valence-electron chi connectivity index (χ0n) is 13.8. The quantitative estimate of drug-likeness (QED) is 0.699. The Labute approximate surface area is 119 Å². The number of amides is 1. The molecule has 0 radical (unpaired) electrons. The summed E-state index contributed by atoms with van der Waals surface area (Å²) in [5.74, 6) is 1.49. The van der Waals surface area contributed by atoms with Crippen molar-refractivity contribution in [1.29, 1.82) is 0 Å². The Bertz CT molecular complexity index is 245. The summed E-state index contributed by atoms with van der Waals surface area (Å²) in [6, 6.07) is 0. The van der Waals surface area contributed by atoms with Gasteiger partial charge >= 0.3 is 0 Å². The molecule has 19 heavy (non-hydrogen) atoms. The molecule has 0 aliphatic carbocycles. The van der Waals surface area contributed by atoms with Gasteiger partial charge in [0.15, 0.2) is 0 Å². The standard InChI is InChI=1S/C16H34N2O/c1-7-16(6,12-17)15(19)18(10-8-13(2)3)11-9-14(4)5/h13-14H,7-12,17H2,1-6H3. The van der Waals surface area contributed by atoms with Crippen LogP contribution in [0.25, 0.3) is 0 Å². The largest absolute Gasteiger partial charge is 0.342 e. The molecule has 3 nitrogen and oxygen atoms in total. The molecule has 114 valence electrons. The van der Waals surface area contributed by atoms with Crippen LogP contribution in [0.15, 0.2) is 0 Å². The van der Waals surface area contributed by atoms with Crippen molar-refractivity contribution >= 4 is 5.91 Å². The lowest BCUT2D eigenvalue weighted by Crippen LogP contribution is -2.47. The fourth-order valence-corrected chi connectivity index (χ4v) is 1.91. The zero-order valence-corrected chi connectivity index (χ0v) is 13.8. The third-order valence-corrected chi connectivity index (χ3v) is 3.99. The highest BCUT2D eigenvalue weighted by molar-refractivity contribution is 5.82. The van der Waals surface area contributed by atoms with Crippen LogP contribution in [0, 0.1) is 17.3 Å². The van der Waals surface area contributed by atoms with E-state index in [1.54, 1.807) is 0 Å². The summed E-state index contributed by atoms with van der Waals surface area (Å²) < 4.78 is 0. The van der Waals surface area contributed by atoms with Crippen molar-refractivity contribution in [3.63, 3.8) is 0 Å². The van der Waals surface area contributed by atoms with Crippen LogP contribution in [0.3, 0.4) is 0 Å². The predicted octanol–water partition coefficient (Wildman–Crippen LogP) is 3.28. The third-order valence-electron chi connectivity index (χ3n) is 3.99. The first-order valence-corrected chi connectivity index (χ1v) is 7.76. The van der Waals surface area contributed by atoms with Crippen molar-refractivity contribution in [3.8, 4) is 0 Å². The fourth-order valence-electron chi connectivity index (χ4n) is 1.91. The predicted molar refractivity (Wildman–Crippen MR) is 82.9 cm³/mol. The average Bonchev–Trinajstić information content (AvgIpc) is 2.36. The molecule has 0 saturated carbocycles. The normalized spacial score (nSPS) is 14.8. The monoisotopic (exact) mass is 270 g/mol. The van der Waals surface area contributed by atoms with E-state index in [4.69, 9.17) is 5.73 Å². The molecular formula is C16H34N2O. The molecule has 0 fully saturated rings. The number of hydrogen-bond donors (Lipinski definition) is 1. The Balaban J connectivity index is 4.74. The molecule has 1 atom stereocenters. The van der Waals surface area contributed by atoms with E-state index in [0.717, 1.165) is 32.4 Å². The van der Waals surface area contributed by atoms with Crippen LogP contribution in [0.2, 0.25) is 0 Å². The maximum atomic E-state index is 12.7. The Kier molecular flexibility index (Phi) is 8.31. The van der Waals surface area contributed by atoms with E-state index in [9.17, 15) is 4.79 Å². The van der Waals surface area contributed by atoms with E-state index in [2.05, 4.69) is 27.7 Å². The second kappa shape index (κ2) is 8.57. The Morgan fingerprint density at radius 3 is 1.79 bits per heavy atom. The van der Waals surface area contributed by atoms with Gasteiger partial charge < -0.3 is 10.6 Å². The van der Waals surface area contributed by atoms with Gasteiger partial charge in [-0.05, 0) is 38.0 Å². The van der Waals surface area contributed by atoms with E-state index in [0.29, 0.717) is 18.4 Å². The topological polar surface area (TPSA) is 46.3 Å². The van der Waals surface area contributed by atoms with Crippen molar-refractivity contribution in [2.24, 2.45) is 23.0 Å². The number of hydrogen-bond acceptors (Lipinski definition) is 2. The van der Waals surface area contributed by atoms with Crippen molar-refractivity contribution in [3.05, 3.63) is 0 Å². The first-order chi connectivity index (χ1) is 8.76. The van der Waals surface area contributed by atoms with Gasteiger partial charge in [-0.3, -0.25) is 4.79 Å². The van der Waals surface area contributed by atoms with Gasteiger partial charge in [-0.1, -0.05) is 34.6 Å². The van der Waals surface area contributed by atoms with E-state index >= 15 is 0 Å². The maximum absolute atomic E-state index is 12.7. The molecule has 1 amide bonds. The van der Waals surface area contributed by atoms with E-state index in [1.807, 2.05) is 18.7 Å². The summed E-state index contributed by atoms with van der Waals surface area (Å²) >= 11 is 0. The molecule has 2 N–H and O–H groups in total. The second-order valence-corrected chi connectivity index (χ2v) is 6.78. The molecule has 0 aromatic carbocycles. The Hall–Kier alpha value is -0.570. The molecule has 1 unspecified atom stereocenters. The van der Waals surface area contributed by atoms with Crippen LogP contribution >= 0.6 is 0 Å². The van der Waals surface area contributed by atoms with Gasteiger partial charge in [0.2, 0.25) is 5.91 Å². The smallest absolute Gasteiger partial charge is 0.229 e. The van der Waals surface area contributed by atoms with Crippen LogP contribution in [-0.2, 0) is 4.79 Å². The molecule has 0 aromatic heterocycles. The highest BCUT2D eigenvalue weighted by Gasteiger charge is 2.33. The molecule has 0 spiro atoms. The summed E-state index contributed by atoms with van der Waals surface area (Å²) in [4.78, 5) is 14.7. The summed E-state index contributed by atoms with van der Waals surface area (Å²) in [5, 5.41) is 0. The van der Waals surface area contributed by atoms with Gasteiger partial charge in [-0.25, -0.2) is 0 Å². The SMILES string of the molecule is CCC(C)(CN)C(=O)N(CCC(C)C)CCC(C)C. The van der Waals surface area contributed by atoms with Crippen molar-refractivity contribution < 1.29 is 4.79 Å². The first kappa shape index (κ1) is 18.4. The third kappa shape index (κ3) is 6.42.